The van der Waals surface area contributed by atoms with Crippen LogP contribution in [0.25, 0.3) is 0 Å². The maximum atomic E-state index is 12.5. The summed E-state index contributed by atoms with van der Waals surface area (Å²) in [4.78, 5) is 27.0. The second-order valence-corrected chi connectivity index (χ2v) is 6.05. The Morgan fingerprint density at radius 2 is 1.68 bits per heavy atom. The van der Waals surface area contributed by atoms with Gasteiger partial charge in [-0.2, -0.15) is 0 Å². The van der Waals surface area contributed by atoms with E-state index in [1.54, 1.807) is 0 Å². The lowest BCUT2D eigenvalue weighted by Crippen LogP contribution is -2.49. The zero-order chi connectivity index (χ0) is 16.1. The Hall–Kier alpha value is -1.88. The number of carboxylic acids is 1. The van der Waals surface area contributed by atoms with E-state index in [1.165, 1.54) is 5.56 Å². The minimum Gasteiger partial charge on any atom is -0.481 e. The molecule has 0 bridgehead atoms. The molecule has 1 aromatic rings. The van der Waals surface area contributed by atoms with E-state index in [-0.39, 0.29) is 12.3 Å². The lowest BCUT2D eigenvalue weighted by atomic mass is 10.0. The molecule has 5 heteroatoms. The summed E-state index contributed by atoms with van der Waals surface area (Å²) in [6.45, 7) is 7.61. The first-order valence-electron chi connectivity index (χ1n) is 7.80. The number of nitrogens with zero attached hydrogens (tertiary/aromatic N) is 2. The van der Waals surface area contributed by atoms with E-state index in [0.29, 0.717) is 25.6 Å². The van der Waals surface area contributed by atoms with E-state index in [2.05, 4.69) is 18.7 Å². The summed E-state index contributed by atoms with van der Waals surface area (Å²) in [5, 5.41) is 8.70. The van der Waals surface area contributed by atoms with Gasteiger partial charge in [-0.1, -0.05) is 26.0 Å². The molecule has 0 aromatic heterocycles. The van der Waals surface area contributed by atoms with Crippen LogP contribution in [-0.4, -0.2) is 59.5 Å². The van der Waals surface area contributed by atoms with Crippen molar-refractivity contribution in [3.05, 3.63) is 35.4 Å². The molecule has 0 aliphatic carbocycles. The van der Waals surface area contributed by atoms with Crippen LogP contribution in [0.2, 0.25) is 0 Å². The van der Waals surface area contributed by atoms with Gasteiger partial charge in [0.15, 0.2) is 0 Å². The van der Waals surface area contributed by atoms with Crippen LogP contribution in [0.3, 0.4) is 0 Å². The Kier molecular flexibility index (Phi) is 5.55. The van der Waals surface area contributed by atoms with E-state index < -0.39 is 5.97 Å². The van der Waals surface area contributed by atoms with Crippen LogP contribution in [0.1, 0.15) is 42.1 Å². The highest BCUT2D eigenvalue weighted by Gasteiger charge is 2.22. The number of aliphatic carboxylic acids is 1. The molecule has 1 fully saturated rings. The van der Waals surface area contributed by atoms with Gasteiger partial charge in [0, 0.05) is 38.3 Å². The van der Waals surface area contributed by atoms with Gasteiger partial charge < -0.3 is 10.0 Å². The van der Waals surface area contributed by atoms with E-state index in [0.717, 1.165) is 18.7 Å². The summed E-state index contributed by atoms with van der Waals surface area (Å²) in [6.07, 6.45) is 0.157. The molecule has 120 valence electrons. The third-order valence-electron chi connectivity index (χ3n) is 4.13. The average Bonchev–Trinajstić information content (AvgIpc) is 2.53. The zero-order valence-electron chi connectivity index (χ0n) is 13.3. The molecule has 0 unspecified atom stereocenters. The fourth-order valence-corrected chi connectivity index (χ4v) is 2.62. The van der Waals surface area contributed by atoms with Gasteiger partial charge >= 0.3 is 5.97 Å². The molecular weight excluding hydrogens is 280 g/mol. The van der Waals surface area contributed by atoms with Crippen LogP contribution >= 0.6 is 0 Å². The quantitative estimate of drug-likeness (QED) is 0.904. The van der Waals surface area contributed by atoms with Crippen molar-refractivity contribution in [1.29, 1.82) is 0 Å². The Morgan fingerprint density at radius 1 is 1.09 bits per heavy atom. The summed E-state index contributed by atoms with van der Waals surface area (Å²) in [5.41, 5.74) is 1.96. The first-order chi connectivity index (χ1) is 10.5. The highest BCUT2D eigenvalue weighted by molar-refractivity contribution is 5.94. The molecule has 22 heavy (non-hydrogen) atoms. The van der Waals surface area contributed by atoms with Crippen molar-refractivity contribution in [3.8, 4) is 0 Å². The third kappa shape index (κ3) is 4.31. The minimum absolute atomic E-state index is 0.0631. The molecule has 0 atom stereocenters. The molecule has 1 aliphatic rings. The molecule has 1 saturated heterocycles. The van der Waals surface area contributed by atoms with Crippen LogP contribution in [-0.2, 0) is 4.79 Å². The number of amides is 1. The van der Waals surface area contributed by atoms with Crippen molar-refractivity contribution < 1.29 is 14.7 Å². The fourth-order valence-electron chi connectivity index (χ4n) is 2.62. The second kappa shape index (κ2) is 7.40. The second-order valence-electron chi connectivity index (χ2n) is 6.05. The maximum absolute atomic E-state index is 12.5. The van der Waals surface area contributed by atoms with E-state index in [1.807, 2.05) is 29.2 Å². The van der Waals surface area contributed by atoms with Gasteiger partial charge in [-0.25, -0.2) is 0 Å². The average molecular weight is 304 g/mol. The Bertz CT molecular complexity index is 517. The van der Waals surface area contributed by atoms with Gasteiger partial charge in [0.1, 0.15) is 0 Å². The predicted octanol–water partition coefficient (Wildman–Crippen LogP) is 2.04. The van der Waals surface area contributed by atoms with Crippen molar-refractivity contribution in [2.24, 2.45) is 0 Å². The molecule has 0 spiro atoms. The number of carbonyl (C=O) groups excluding carboxylic acids is 1. The molecule has 1 heterocycles. The summed E-state index contributed by atoms with van der Waals surface area (Å²) in [5.74, 6) is -0.251. The Morgan fingerprint density at radius 3 is 2.18 bits per heavy atom. The molecule has 1 aromatic carbocycles. The number of hydrogen-bond donors (Lipinski definition) is 1. The molecule has 2 rings (SSSR count). The van der Waals surface area contributed by atoms with Crippen LogP contribution in [0.15, 0.2) is 24.3 Å². The molecule has 0 radical (unpaired) electrons. The van der Waals surface area contributed by atoms with Gasteiger partial charge in [-0.15, -0.1) is 0 Å². The van der Waals surface area contributed by atoms with Gasteiger partial charge in [0.2, 0.25) is 0 Å². The highest BCUT2D eigenvalue weighted by Crippen LogP contribution is 2.16. The van der Waals surface area contributed by atoms with Crippen LogP contribution in [0.5, 0.6) is 0 Å². The number of carboxylic acid groups (broad SMARTS) is 1. The van der Waals surface area contributed by atoms with Crippen LogP contribution in [0.4, 0.5) is 0 Å². The van der Waals surface area contributed by atoms with Gasteiger partial charge in [-0.05, 0) is 23.6 Å². The van der Waals surface area contributed by atoms with Crippen molar-refractivity contribution >= 4 is 11.9 Å². The van der Waals surface area contributed by atoms with Gasteiger partial charge in [-0.3, -0.25) is 14.5 Å². The number of carbonyl (C=O) groups is 2. The first kappa shape index (κ1) is 16.5. The molecule has 5 nitrogen and oxygen atoms in total. The summed E-state index contributed by atoms with van der Waals surface area (Å²) >= 11 is 0. The highest BCUT2D eigenvalue weighted by atomic mass is 16.4. The number of benzene rings is 1. The van der Waals surface area contributed by atoms with E-state index in [4.69, 9.17) is 5.11 Å². The largest absolute Gasteiger partial charge is 0.481 e. The van der Waals surface area contributed by atoms with Crippen LogP contribution < -0.4 is 0 Å². The molecule has 1 aliphatic heterocycles. The predicted molar refractivity (Wildman–Crippen MR) is 85.1 cm³/mol. The fraction of sp³-hybridized carbons (Fsp3) is 0.529. The Balaban J connectivity index is 1.88. The summed E-state index contributed by atoms with van der Waals surface area (Å²) in [6, 6.07) is 7.82. The van der Waals surface area contributed by atoms with Crippen molar-refractivity contribution in [1.82, 2.24) is 9.80 Å². The van der Waals surface area contributed by atoms with Crippen molar-refractivity contribution in [2.45, 2.75) is 26.2 Å². The molecule has 0 saturated carbocycles. The van der Waals surface area contributed by atoms with E-state index >= 15 is 0 Å². The minimum atomic E-state index is -0.774. The SMILES string of the molecule is CC(C)c1ccc(C(=O)N2CCN(CCC(=O)O)CC2)cc1. The maximum Gasteiger partial charge on any atom is 0.304 e. The number of hydrogen-bond acceptors (Lipinski definition) is 3. The zero-order valence-corrected chi connectivity index (χ0v) is 13.3. The smallest absolute Gasteiger partial charge is 0.304 e. The summed E-state index contributed by atoms with van der Waals surface area (Å²) < 4.78 is 0. The van der Waals surface area contributed by atoms with Gasteiger partial charge in [0.05, 0.1) is 6.42 Å². The molecule has 1 N–H and O–H groups in total. The lowest BCUT2D eigenvalue weighted by Gasteiger charge is -2.34. The standard InChI is InChI=1S/C17H24N2O3/c1-13(2)14-3-5-15(6-4-14)17(22)19-11-9-18(10-12-19)8-7-16(20)21/h3-6,13H,7-12H2,1-2H3,(H,20,21). The summed E-state index contributed by atoms with van der Waals surface area (Å²) in [7, 11) is 0. The first-order valence-corrected chi connectivity index (χ1v) is 7.80. The van der Waals surface area contributed by atoms with E-state index in [9.17, 15) is 9.59 Å². The Labute approximate surface area is 131 Å². The molecular formula is C17H24N2O3. The van der Waals surface area contributed by atoms with Crippen molar-refractivity contribution in [3.63, 3.8) is 0 Å². The normalized spacial score (nSPS) is 16.0. The number of piperazine rings is 1. The van der Waals surface area contributed by atoms with Gasteiger partial charge in [0.25, 0.3) is 5.91 Å². The van der Waals surface area contributed by atoms with Crippen molar-refractivity contribution in [2.75, 3.05) is 32.7 Å². The van der Waals surface area contributed by atoms with Crippen LogP contribution in [0, 0.1) is 0 Å². The monoisotopic (exact) mass is 304 g/mol. The molecule has 1 amide bonds. The lowest BCUT2D eigenvalue weighted by molar-refractivity contribution is -0.137. The third-order valence-corrected chi connectivity index (χ3v) is 4.13. The topological polar surface area (TPSA) is 60.9 Å². The number of rotatable bonds is 5.